The maximum Gasteiger partial charge on any atom is 0.132 e. The Morgan fingerprint density at radius 3 is 1.97 bits per heavy atom. The van der Waals surface area contributed by atoms with Gasteiger partial charge in [0.1, 0.15) is 5.82 Å². The molecule has 0 radical (unpaired) electrons. The number of benzene rings is 5. The average molecular weight is 370 g/mol. The fraction of sp³-hybridized carbons (Fsp3) is 0. The first kappa shape index (κ1) is 16.1. The highest BCUT2D eigenvalue weighted by molar-refractivity contribution is 6.24. The number of nitrogens with two attached hydrogens (primary N) is 1. The number of hydrogen-bond acceptors (Lipinski definition) is 2. The Bertz CT molecular complexity index is 1560. The van der Waals surface area contributed by atoms with E-state index in [0.29, 0.717) is 5.82 Å². The molecule has 0 saturated heterocycles. The standard InChI is InChI=1S/C27H18N2/c28-27-23-14-6-5-13-22(23)25-24(16-18-9-2-4-12-20(18)26(25)29-27)21-15-7-10-17-8-1-3-11-19(17)21/h1-16H,(H2,28,29). The van der Waals surface area contributed by atoms with Crippen LogP contribution in [0.3, 0.4) is 0 Å². The lowest BCUT2D eigenvalue weighted by Crippen LogP contribution is -1.96. The van der Waals surface area contributed by atoms with E-state index < -0.39 is 0 Å². The van der Waals surface area contributed by atoms with Gasteiger partial charge in [-0.2, -0.15) is 0 Å². The van der Waals surface area contributed by atoms with Crippen LogP contribution in [0.25, 0.3) is 54.3 Å². The van der Waals surface area contributed by atoms with E-state index in [1.54, 1.807) is 0 Å². The first-order chi connectivity index (χ1) is 14.3. The smallest absolute Gasteiger partial charge is 0.132 e. The largest absolute Gasteiger partial charge is 0.383 e. The highest BCUT2D eigenvalue weighted by Gasteiger charge is 2.16. The summed E-state index contributed by atoms with van der Waals surface area (Å²) in [5.41, 5.74) is 9.75. The van der Waals surface area contributed by atoms with E-state index in [-0.39, 0.29) is 0 Å². The zero-order chi connectivity index (χ0) is 19.4. The molecule has 1 aromatic heterocycles. The number of aromatic nitrogens is 1. The van der Waals surface area contributed by atoms with Gasteiger partial charge in [0, 0.05) is 16.2 Å². The molecule has 2 N–H and O–H groups in total. The predicted molar refractivity (Wildman–Crippen MR) is 124 cm³/mol. The van der Waals surface area contributed by atoms with E-state index >= 15 is 0 Å². The fourth-order valence-corrected chi connectivity index (χ4v) is 4.50. The van der Waals surface area contributed by atoms with E-state index in [1.807, 2.05) is 6.07 Å². The minimum Gasteiger partial charge on any atom is -0.383 e. The normalized spacial score (nSPS) is 11.6. The average Bonchev–Trinajstić information content (AvgIpc) is 2.78. The number of rotatable bonds is 1. The van der Waals surface area contributed by atoms with Crippen molar-refractivity contribution in [2.75, 3.05) is 5.73 Å². The molecule has 5 aromatic carbocycles. The Balaban J connectivity index is 1.91. The molecule has 0 aliphatic rings. The summed E-state index contributed by atoms with van der Waals surface area (Å²) >= 11 is 0. The molecule has 0 unspecified atom stereocenters. The van der Waals surface area contributed by atoms with Crippen molar-refractivity contribution in [3.63, 3.8) is 0 Å². The zero-order valence-electron chi connectivity index (χ0n) is 15.8. The van der Waals surface area contributed by atoms with Crippen LogP contribution in [0, 0.1) is 0 Å². The van der Waals surface area contributed by atoms with Gasteiger partial charge in [-0.15, -0.1) is 0 Å². The highest BCUT2D eigenvalue weighted by Crippen LogP contribution is 2.41. The lowest BCUT2D eigenvalue weighted by Gasteiger charge is -2.15. The molecule has 0 amide bonds. The van der Waals surface area contributed by atoms with Crippen LogP contribution in [0.5, 0.6) is 0 Å². The summed E-state index contributed by atoms with van der Waals surface area (Å²) in [5.74, 6) is 0.577. The lowest BCUT2D eigenvalue weighted by molar-refractivity contribution is 1.46. The zero-order valence-corrected chi connectivity index (χ0v) is 15.8. The summed E-state index contributed by atoms with van der Waals surface area (Å²) in [5, 5.41) is 8.07. The number of nitrogen functional groups attached to an aromatic ring is 1. The third-order valence-corrected chi connectivity index (χ3v) is 5.81. The number of hydrogen-bond donors (Lipinski definition) is 1. The summed E-state index contributed by atoms with van der Waals surface area (Å²) in [6.07, 6.45) is 0. The van der Waals surface area contributed by atoms with Crippen molar-refractivity contribution in [3.05, 3.63) is 97.1 Å². The molecule has 136 valence electrons. The second kappa shape index (κ2) is 6.05. The van der Waals surface area contributed by atoms with Gasteiger partial charge in [0.25, 0.3) is 0 Å². The summed E-state index contributed by atoms with van der Waals surface area (Å²) in [7, 11) is 0. The molecule has 0 atom stereocenters. The van der Waals surface area contributed by atoms with Crippen molar-refractivity contribution in [1.82, 2.24) is 4.98 Å². The molecule has 0 saturated carbocycles. The maximum atomic E-state index is 6.38. The molecular weight excluding hydrogens is 352 g/mol. The van der Waals surface area contributed by atoms with Crippen molar-refractivity contribution >= 4 is 49.0 Å². The molecule has 1 heterocycles. The minimum atomic E-state index is 0.577. The van der Waals surface area contributed by atoms with Gasteiger partial charge < -0.3 is 5.73 Å². The van der Waals surface area contributed by atoms with Gasteiger partial charge in [-0.25, -0.2) is 4.98 Å². The second-order valence-corrected chi connectivity index (χ2v) is 7.44. The molecule has 2 heteroatoms. The van der Waals surface area contributed by atoms with Crippen molar-refractivity contribution in [3.8, 4) is 11.1 Å². The Kier molecular flexibility index (Phi) is 3.35. The van der Waals surface area contributed by atoms with Crippen LogP contribution in [-0.4, -0.2) is 4.98 Å². The molecule has 6 rings (SSSR count). The number of fused-ring (bicyclic) bond motifs is 6. The van der Waals surface area contributed by atoms with Gasteiger partial charge >= 0.3 is 0 Å². The van der Waals surface area contributed by atoms with Crippen molar-refractivity contribution in [1.29, 1.82) is 0 Å². The summed E-state index contributed by atoms with van der Waals surface area (Å²) < 4.78 is 0. The number of pyridine rings is 1. The Labute approximate surface area is 168 Å². The second-order valence-electron chi connectivity index (χ2n) is 7.44. The van der Waals surface area contributed by atoms with Crippen molar-refractivity contribution < 1.29 is 0 Å². The van der Waals surface area contributed by atoms with Crippen LogP contribution in [0.15, 0.2) is 97.1 Å². The van der Waals surface area contributed by atoms with Crippen molar-refractivity contribution in [2.45, 2.75) is 0 Å². The molecule has 0 aliphatic carbocycles. The third-order valence-electron chi connectivity index (χ3n) is 5.81. The molecule has 29 heavy (non-hydrogen) atoms. The van der Waals surface area contributed by atoms with E-state index in [0.717, 1.165) is 27.1 Å². The topological polar surface area (TPSA) is 38.9 Å². The fourth-order valence-electron chi connectivity index (χ4n) is 4.50. The predicted octanol–water partition coefficient (Wildman–Crippen LogP) is 6.94. The van der Waals surface area contributed by atoms with E-state index in [9.17, 15) is 0 Å². The Morgan fingerprint density at radius 1 is 0.517 bits per heavy atom. The SMILES string of the molecule is Nc1nc2c3ccccc3cc(-c3cccc4ccccc34)c2c2ccccc12. The molecule has 0 spiro atoms. The van der Waals surface area contributed by atoms with E-state index in [4.69, 9.17) is 10.7 Å². The first-order valence-corrected chi connectivity index (χ1v) is 9.79. The molecular formula is C27H18N2. The quantitative estimate of drug-likeness (QED) is 0.318. The van der Waals surface area contributed by atoms with Crippen molar-refractivity contribution in [2.24, 2.45) is 0 Å². The van der Waals surface area contributed by atoms with Crippen LogP contribution < -0.4 is 5.73 Å². The lowest BCUT2D eigenvalue weighted by atomic mass is 9.90. The van der Waals surface area contributed by atoms with Crippen LogP contribution >= 0.6 is 0 Å². The van der Waals surface area contributed by atoms with E-state index in [1.165, 1.54) is 27.3 Å². The van der Waals surface area contributed by atoms with Crippen LogP contribution in [-0.2, 0) is 0 Å². The molecule has 0 bridgehead atoms. The van der Waals surface area contributed by atoms with Gasteiger partial charge in [-0.1, -0.05) is 91.0 Å². The van der Waals surface area contributed by atoms with Gasteiger partial charge in [-0.3, -0.25) is 0 Å². The molecule has 0 fully saturated rings. The summed E-state index contributed by atoms with van der Waals surface area (Å²) in [6.45, 7) is 0. The number of nitrogens with zero attached hydrogens (tertiary/aromatic N) is 1. The van der Waals surface area contributed by atoms with Crippen LogP contribution in [0.4, 0.5) is 5.82 Å². The molecule has 6 aromatic rings. The number of anilines is 1. The minimum absolute atomic E-state index is 0.577. The summed E-state index contributed by atoms with van der Waals surface area (Å²) in [4.78, 5) is 4.88. The Hall–Kier alpha value is -3.91. The van der Waals surface area contributed by atoms with Crippen LogP contribution in [0.2, 0.25) is 0 Å². The van der Waals surface area contributed by atoms with Gasteiger partial charge in [-0.05, 0) is 38.7 Å². The first-order valence-electron chi connectivity index (χ1n) is 9.79. The summed E-state index contributed by atoms with van der Waals surface area (Å²) in [6, 6.07) is 34.1. The van der Waals surface area contributed by atoms with Gasteiger partial charge in [0.2, 0.25) is 0 Å². The third kappa shape index (κ3) is 2.33. The highest BCUT2D eigenvalue weighted by atomic mass is 14.8. The maximum absolute atomic E-state index is 6.38. The van der Waals surface area contributed by atoms with Crippen LogP contribution in [0.1, 0.15) is 0 Å². The molecule has 2 nitrogen and oxygen atoms in total. The van der Waals surface area contributed by atoms with E-state index in [2.05, 4.69) is 91.0 Å². The monoisotopic (exact) mass is 370 g/mol. The van der Waals surface area contributed by atoms with Gasteiger partial charge in [0.05, 0.1) is 5.52 Å². The van der Waals surface area contributed by atoms with Gasteiger partial charge in [0.15, 0.2) is 0 Å². The molecule has 0 aliphatic heterocycles. The Morgan fingerprint density at radius 2 is 1.14 bits per heavy atom.